The summed E-state index contributed by atoms with van der Waals surface area (Å²) in [5.74, 6) is 1.32. The van der Waals surface area contributed by atoms with E-state index in [0.29, 0.717) is 12.5 Å². The number of hydrogen-bond acceptors (Lipinski definition) is 2. The van der Waals surface area contributed by atoms with Gasteiger partial charge in [0.1, 0.15) is 0 Å². The van der Waals surface area contributed by atoms with E-state index >= 15 is 0 Å². The van der Waals surface area contributed by atoms with Gasteiger partial charge in [0.15, 0.2) is 0 Å². The molecule has 0 aliphatic heterocycles. The van der Waals surface area contributed by atoms with Gasteiger partial charge in [0.25, 0.3) is 0 Å². The van der Waals surface area contributed by atoms with Crippen LogP contribution >= 0.6 is 0 Å². The summed E-state index contributed by atoms with van der Waals surface area (Å²) in [5, 5.41) is 10.7. The third-order valence-electron chi connectivity index (χ3n) is 4.80. The normalized spacial score (nSPS) is 26.9. The van der Waals surface area contributed by atoms with Crippen molar-refractivity contribution >= 4 is 0 Å². The summed E-state index contributed by atoms with van der Waals surface area (Å²) in [5.41, 5.74) is 8.40. The van der Waals surface area contributed by atoms with Gasteiger partial charge in [-0.2, -0.15) is 0 Å². The molecule has 1 saturated carbocycles. The van der Waals surface area contributed by atoms with Crippen molar-refractivity contribution in [3.05, 3.63) is 35.4 Å². The smallest absolute Gasteiger partial charge is 0.0649 e. The molecule has 1 aromatic carbocycles. The van der Waals surface area contributed by atoms with Gasteiger partial charge in [0.05, 0.1) is 6.10 Å². The molecular weight excluding hydrogens is 234 g/mol. The zero-order valence-electron chi connectivity index (χ0n) is 12.2. The van der Waals surface area contributed by atoms with E-state index in [-0.39, 0.29) is 12.0 Å². The quantitative estimate of drug-likeness (QED) is 0.874. The number of benzene rings is 1. The summed E-state index contributed by atoms with van der Waals surface area (Å²) in [4.78, 5) is 0. The van der Waals surface area contributed by atoms with Crippen LogP contribution < -0.4 is 5.73 Å². The Balaban J connectivity index is 2.11. The lowest BCUT2D eigenvalue weighted by atomic mass is 9.75. The van der Waals surface area contributed by atoms with Crippen molar-refractivity contribution in [1.82, 2.24) is 0 Å². The lowest BCUT2D eigenvalue weighted by Gasteiger charge is -2.34. The summed E-state index contributed by atoms with van der Waals surface area (Å²) >= 11 is 0. The maximum absolute atomic E-state index is 10.7. The van der Waals surface area contributed by atoms with E-state index in [9.17, 15) is 5.11 Å². The maximum atomic E-state index is 10.7. The Hall–Kier alpha value is -0.860. The average Bonchev–Trinajstić information content (AvgIpc) is 2.42. The molecule has 0 bridgehead atoms. The van der Waals surface area contributed by atoms with Crippen molar-refractivity contribution in [2.24, 2.45) is 17.6 Å². The lowest BCUT2D eigenvalue weighted by molar-refractivity contribution is 0.0547. The van der Waals surface area contributed by atoms with Crippen molar-refractivity contribution < 1.29 is 5.11 Å². The van der Waals surface area contributed by atoms with Crippen LogP contribution in [0.1, 0.15) is 49.7 Å². The van der Waals surface area contributed by atoms with E-state index in [2.05, 4.69) is 26.0 Å². The van der Waals surface area contributed by atoms with Gasteiger partial charge >= 0.3 is 0 Å². The van der Waals surface area contributed by atoms with E-state index in [1.807, 2.05) is 12.1 Å². The summed E-state index contributed by atoms with van der Waals surface area (Å²) in [6.07, 6.45) is 4.48. The van der Waals surface area contributed by atoms with Crippen molar-refractivity contribution in [3.8, 4) is 0 Å². The molecule has 1 aliphatic rings. The van der Waals surface area contributed by atoms with E-state index in [1.54, 1.807) is 0 Å². The molecule has 2 rings (SSSR count). The van der Waals surface area contributed by atoms with Crippen LogP contribution in [0, 0.1) is 18.8 Å². The van der Waals surface area contributed by atoms with E-state index in [1.165, 1.54) is 24.0 Å². The Morgan fingerprint density at radius 2 is 1.84 bits per heavy atom. The summed E-state index contributed by atoms with van der Waals surface area (Å²) < 4.78 is 0. The predicted molar refractivity (Wildman–Crippen MR) is 80.1 cm³/mol. The molecule has 1 aromatic rings. The Kier molecular flexibility index (Phi) is 5.00. The van der Waals surface area contributed by atoms with Gasteiger partial charge in [-0.05, 0) is 42.7 Å². The largest absolute Gasteiger partial charge is 0.392 e. The first-order valence-corrected chi connectivity index (χ1v) is 7.57. The molecule has 1 fully saturated rings. The Morgan fingerprint density at radius 1 is 1.21 bits per heavy atom. The zero-order valence-corrected chi connectivity index (χ0v) is 12.2. The molecule has 0 amide bonds. The maximum Gasteiger partial charge on any atom is 0.0649 e. The fraction of sp³-hybridized carbons (Fsp3) is 0.647. The summed E-state index contributed by atoms with van der Waals surface area (Å²) in [6.45, 7) is 4.94. The highest BCUT2D eigenvalue weighted by molar-refractivity contribution is 5.30. The molecule has 0 saturated heterocycles. The highest BCUT2D eigenvalue weighted by Crippen LogP contribution is 2.36. The molecule has 0 heterocycles. The Morgan fingerprint density at radius 3 is 2.42 bits per heavy atom. The molecule has 3 N–H and O–H groups in total. The third kappa shape index (κ3) is 3.37. The number of aliphatic hydroxyl groups excluding tert-OH is 1. The van der Waals surface area contributed by atoms with E-state index in [0.717, 1.165) is 18.8 Å². The number of rotatable bonds is 4. The standard InChI is InChI=1S/C17H27NO/c1-12-7-9-14(10-8-12)17(19)16(11-18)15-6-4-3-5-13(15)2/h3-6,12,14,16-17,19H,7-11,18H2,1-2H3. The van der Waals surface area contributed by atoms with Gasteiger partial charge in [0.2, 0.25) is 0 Å². The van der Waals surface area contributed by atoms with Crippen LogP contribution in [0.2, 0.25) is 0 Å². The number of hydrogen-bond donors (Lipinski definition) is 2. The van der Waals surface area contributed by atoms with Gasteiger partial charge in [0, 0.05) is 12.5 Å². The van der Waals surface area contributed by atoms with Crippen molar-refractivity contribution in [2.75, 3.05) is 6.54 Å². The van der Waals surface area contributed by atoms with Crippen LogP contribution in [0.15, 0.2) is 24.3 Å². The van der Waals surface area contributed by atoms with Crippen LogP contribution in [-0.2, 0) is 0 Å². The Bertz CT molecular complexity index is 396. The second-order valence-corrected chi connectivity index (χ2v) is 6.21. The molecule has 2 heteroatoms. The summed E-state index contributed by atoms with van der Waals surface area (Å²) in [6, 6.07) is 8.30. The zero-order chi connectivity index (χ0) is 13.8. The summed E-state index contributed by atoms with van der Waals surface area (Å²) in [7, 11) is 0. The molecule has 0 spiro atoms. The van der Waals surface area contributed by atoms with E-state index < -0.39 is 0 Å². The number of nitrogens with two attached hydrogens (primary N) is 1. The number of aliphatic hydroxyl groups is 1. The molecule has 2 nitrogen and oxygen atoms in total. The molecule has 2 unspecified atom stereocenters. The predicted octanol–water partition coefficient (Wildman–Crippen LogP) is 3.22. The molecular formula is C17H27NO. The van der Waals surface area contributed by atoms with Crippen molar-refractivity contribution in [1.29, 1.82) is 0 Å². The minimum absolute atomic E-state index is 0.0830. The fourth-order valence-electron chi connectivity index (χ4n) is 3.41. The van der Waals surface area contributed by atoms with Crippen LogP contribution in [0.4, 0.5) is 0 Å². The topological polar surface area (TPSA) is 46.2 Å². The third-order valence-corrected chi connectivity index (χ3v) is 4.80. The van der Waals surface area contributed by atoms with Crippen molar-refractivity contribution in [3.63, 3.8) is 0 Å². The Labute approximate surface area is 117 Å². The van der Waals surface area contributed by atoms with Crippen molar-refractivity contribution in [2.45, 2.75) is 51.6 Å². The average molecular weight is 261 g/mol. The highest BCUT2D eigenvalue weighted by atomic mass is 16.3. The monoisotopic (exact) mass is 261 g/mol. The lowest BCUT2D eigenvalue weighted by Crippen LogP contribution is -2.34. The van der Waals surface area contributed by atoms with E-state index in [4.69, 9.17) is 5.73 Å². The first kappa shape index (κ1) is 14.5. The SMILES string of the molecule is Cc1ccccc1C(CN)C(O)C1CCC(C)CC1. The fourth-order valence-corrected chi connectivity index (χ4v) is 3.41. The molecule has 106 valence electrons. The second-order valence-electron chi connectivity index (χ2n) is 6.21. The highest BCUT2D eigenvalue weighted by Gasteiger charge is 2.31. The first-order valence-electron chi connectivity index (χ1n) is 7.57. The van der Waals surface area contributed by atoms with Gasteiger partial charge in [-0.3, -0.25) is 0 Å². The first-order chi connectivity index (χ1) is 9.13. The van der Waals surface area contributed by atoms with Crippen LogP contribution in [0.25, 0.3) is 0 Å². The molecule has 0 radical (unpaired) electrons. The molecule has 2 atom stereocenters. The molecule has 19 heavy (non-hydrogen) atoms. The van der Waals surface area contributed by atoms with Gasteiger partial charge in [-0.15, -0.1) is 0 Å². The minimum atomic E-state index is -0.293. The van der Waals surface area contributed by atoms with Gasteiger partial charge in [-0.1, -0.05) is 44.0 Å². The number of aryl methyl sites for hydroxylation is 1. The van der Waals surface area contributed by atoms with Crippen LogP contribution in [-0.4, -0.2) is 17.8 Å². The second kappa shape index (κ2) is 6.53. The minimum Gasteiger partial charge on any atom is -0.392 e. The molecule has 1 aliphatic carbocycles. The van der Waals surface area contributed by atoms with Crippen LogP contribution in [0.5, 0.6) is 0 Å². The van der Waals surface area contributed by atoms with Gasteiger partial charge in [-0.25, -0.2) is 0 Å². The molecule has 0 aromatic heterocycles. The van der Waals surface area contributed by atoms with Crippen LogP contribution in [0.3, 0.4) is 0 Å². The van der Waals surface area contributed by atoms with Gasteiger partial charge < -0.3 is 10.8 Å².